The Hall–Kier alpha value is -3.75. The van der Waals surface area contributed by atoms with Crippen molar-refractivity contribution in [3.63, 3.8) is 0 Å². The van der Waals surface area contributed by atoms with Gasteiger partial charge in [-0.25, -0.2) is 4.79 Å². The number of rotatable bonds is 9. The number of Topliss-reactive ketones (excluding diaryl/α,β-unsaturated/α-hetero) is 2. The van der Waals surface area contributed by atoms with Crippen LogP contribution in [0.5, 0.6) is 0 Å². The second-order valence-electron chi connectivity index (χ2n) is 16.5. The van der Waals surface area contributed by atoms with E-state index < -0.39 is 83.4 Å². The van der Waals surface area contributed by atoms with Gasteiger partial charge in [-0.1, -0.05) is 65.0 Å². The fourth-order valence-electron chi connectivity index (χ4n) is 8.89. The number of para-hydroxylation sites is 1. The number of ether oxygens (including phenoxy) is 5. The fourth-order valence-corrected chi connectivity index (χ4v) is 8.89. The van der Waals surface area contributed by atoms with Crippen molar-refractivity contribution >= 4 is 40.6 Å². The van der Waals surface area contributed by atoms with E-state index in [1.165, 1.54) is 6.92 Å². The zero-order valence-electron chi connectivity index (χ0n) is 34.5. The van der Waals surface area contributed by atoms with Gasteiger partial charge in [-0.15, -0.1) is 0 Å². The molecule has 2 N–H and O–H groups in total. The summed E-state index contributed by atoms with van der Waals surface area (Å²) in [5, 5.41) is 15.5. The highest BCUT2D eigenvalue weighted by molar-refractivity contribution is 6.00. The summed E-state index contributed by atoms with van der Waals surface area (Å²) in [7, 11) is 1.93. The van der Waals surface area contributed by atoms with Gasteiger partial charge in [-0.2, -0.15) is 0 Å². The molecule has 13 heteroatoms. The van der Waals surface area contributed by atoms with Crippen LogP contribution in [0.2, 0.25) is 0 Å². The maximum Gasteiger partial charge on any atom is 0.408 e. The number of carbonyl (C=O) groups excluding carboxylic acids is 4. The Kier molecular flexibility index (Phi) is 13.8. The van der Waals surface area contributed by atoms with Gasteiger partial charge in [-0.05, 0) is 78.2 Å². The summed E-state index contributed by atoms with van der Waals surface area (Å²) < 4.78 is 31.5. The minimum absolute atomic E-state index is 0.0621. The Morgan fingerprint density at radius 1 is 1.04 bits per heavy atom. The van der Waals surface area contributed by atoms with Crippen molar-refractivity contribution in [2.75, 3.05) is 20.2 Å². The van der Waals surface area contributed by atoms with Crippen molar-refractivity contribution in [2.24, 2.45) is 23.7 Å². The van der Waals surface area contributed by atoms with Crippen LogP contribution in [0.1, 0.15) is 87.1 Å². The Labute approximate surface area is 330 Å². The van der Waals surface area contributed by atoms with E-state index in [1.54, 1.807) is 47.7 Å². The lowest BCUT2D eigenvalue weighted by molar-refractivity contribution is -0.297. The van der Waals surface area contributed by atoms with Gasteiger partial charge in [0.2, 0.25) is 0 Å². The summed E-state index contributed by atoms with van der Waals surface area (Å²) in [6.07, 6.45) is 1.15. The molecule has 0 unspecified atom stereocenters. The second kappa shape index (κ2) is 17.8. The monoisotopic (exact) mass is 779 g/mol. The van der Waals surface area contributed by atoms with E-state index in [0.29, 0.717) is 13.0 Å². The lowest BCUT2D eigenvalue weighted by Crippen LogP contribution is -2.60. The Morgan fingerprint density at radius 3 is 2.45 bits per heavy atom. The van der Waals surface area contributed by atoms with Crippen LogP contribution in [-0.2, 0) is 38.1 Å². The van der Waals surface area contributed by atoms with Gasteiger partial charge in [-0.3, -0.25) is 19.4 Å². The molecular weight excluding hydrogens is 718 g/mol. The van der Waals surface area contributed by atoms with Crippen molar-refractivity contribution in [1.82, 2.24) is 15.2 Å². The van der Waals surface area contributed by atoms with Gasteiger partial charge in [0.25, 0.3) is 0 Å². The SMILES string of the molecule is CC[C@H]1OC(=O)[C@H](C)C(=O)[C@H](C)[C@@H](O[C@@H]2O[C@H](C)C[C@H](N(C)CC)[C@H]2O)[C@](C)(OC/C=C/c2cnc3ccccc3c2)C[C@@H](C)C(=O)[C@H](C)[C@H]2NC(=O)O[C@@]21C. The maximum absolute atomic E-state index is 14.5. The van der Waals surface area contributed by atoms with E-state index in [1.807, 2.05) is 68.3 Å². The second-order valence-corrected chi connectivity index (χ2v) is 16.5. The standard InChI is InChI=1S/C43H61N3O10/c1-11-33-43(9)37(45-41(51)56-43)26(5)34(47)24(3)22-42(8,52-19-15-16-29-21-30-17-13-14-18-31(30)44-23-29)38(27(6)35(48)28(7)39(50)54-33)55-40-36(49)32(46(10)12-2)20-25(4)53-40/h13-18,21,23-28,32-33,36-38,40,49H,11-12,19-20,22H2,1-10H3,(H,45,51)/b16-15+/t24-,25-,26+,27+,28-,32+,33-,36-,37-,38-,40+,42-,43-/m1/s1. The van der Waals surface area contributed by atoms with E-state index in [0.717, 1.165) is 16.5 Å². The Morgan fingerprint density at radius 2 is 1.75 bits per heavy atom. The summed E-state index contributed by atoms with van der Waals surface area (Å²) in [4.78, 5) is 62.1. The summed E-state index contributed by atoms with van der Waals surface area (Å²) >= 11 is 0. The molecule has 3 aliphatic heterocycles. The summed E-state index contributed by atoms with van der Waals surface area (Å²) in [5.74, 6) is -5.11. The molecule has 3 fully saturated rings. The molecule has 3 saturated heterocycles. The first-order chi connectivity index (χ1) is 26.4. The van der Waals surface area contributed by atoms with Gasteiger partial charge in [0.15, 0.2) is 17.7 Å². The minimum Gasteiger partial charge on any atom is -0.458 e. The van der Waals surface area contributed by atoms with E-state index in [9.17, 15) is 24.3 Å². The largest absolute Gasteiger partial charge is 0.458 e. The van der Waals surface area contributed by atoms with E-state index >= 15 is 0 Å². The Bertz CT molecular complexity index is 1770. The fraction of sp³-hybridized carbons (Fsp3) is 0.651. The molecule has 13 atom stereocenters. The molecular formula is C43H61N3O10. The highest BCUT2D eigenvalue weighted by Gasteiger charge is 2.57. The van der Waals surface area contributed by atoms with Gasteiger partial charge >= 0.3 is 12.1 Å². The number of alkyl carbamates (subject to hydrolysis) is 1. The van der Waals surface area contributed by atoms with Gasteiger partial charge in [0.1, 0.15) is 23.9 Å². The number of nitrogens with one attached hydrogen (secondary N) is 1. The van der Waals surface area contributed by atoms with Crippen molar-refractivity contribution < 1.29 is 48.0 Å². The normalized spacial score (nSPS) is 37.6. The first-order valence-electron chi connectivity index (χ1n) is 20.1. The number of fused-ring (bicyclic) bond motifs is 2. The molecule has 0 aliphatic carbocycles. The third-order valence-corrected chi connectivity index (χ3v) is 12.3. The molecule has 4 heterocycles. The molecule has 2 aromatic rings. The summed E-state index contributed by atoms with van der Waals surface area (Å²) in [6, 6.07) is 8.72. The van der Waals surface area contributed by atoms with Crippen LogP contribution < -0.4 is 5.32 Å². The van der Waals surface area contributed by atoms with E-state index in [-0.39, 0.29) is 37.4 Å². The molecule has 1 amide bonds. The molecule has 0 radical (unpaired) electrons. The van der Waals surface area contributed by atoms with Crippen LogP contribution in [0, 0.1) is 23.7 Å². The molecule has 308 valence electrons. The molecule has 0 spiro atoms. The number of pyridine rings is 1. The number of hydrogen-bond acceptors (Lipinski definition) is 12. The average Bonchev–Trinajstić information content (AvgIpc) is 3.50. The van der Waals surface area contributed by atoms with Crippen LogP contribution in [-0.4, -0.2) is 113 Å². The lowest BCUT2D eigenvalue weighted by atomic mass is 9.73. The number of cyclic esters (lactones) is 1. The zero-order chi connectivity index (χ0) is 41.1. The topological polar surface area (TPSA) is 163 Å². The number of aliphatic hydroxyl groups is 1. The number of likely N-dealkylation sites (N-methyl/N-ethyl adjacent to an activating group) is 1. The number of amides is 1. The summed E-state index contributed by atoms with van der Waals surface area (Å²) in [5.41, 5.74) is -1.00. The molecule has 0 saturated carbocycles. The predicted molar refractivity (Wildman–Crippen MR) is 210 cm³/mol. The smallest absolute Gasteiger partial charge is 0.408 e. The van der Waals surface area contributed by atoms with E-state index in [2.05, 4.69) is 10.3 Å². The number of aliphatic hydroxyl groups excluding tert-OH is 1. The van der Waals surface area contributed by atoms with Crippen LogP contribution in [0.25, 0.3) is 17.0 Å². The predicted octanol–water partition coefficient (Wildman–Crippen LogP) is 5.50. The third kappa shape index (κ3) is 9.02. The van der Waals surface area contributed by atoms with Crippen molar-refractivity contribution in [1.29, 1.82) is 0 Å². The van der Waals surface area contributed by atoms with Crippen LogP contribution in [0.15, 0.2) is 42.6 Å². The quantitative estimate of drug-likeness (QED) is 0.243. The van der Waals surface area contributed by atoms with Crippen molar-refractivity contribution in [3.05, 3.63) is 48.2 Å². The lowest BCUT2D eigenvalue weighted by Gasteiger charge is -2.47. The highest BCUT2D eigenvalue weighted by atomic mass is 16.7. The van der Waals surface area contributed by atoms with Gasteiger partial charge in [0.05, 0.1) is 36.0 Å². The first kappa shape index (κ1) is 43.4. The molecule has 0 bridgehead atoms. The van der Waals surface area contributed by atoms with Crippen molar-refractivity contribution in [2.45, 2.75) is 136 Å². The maximum atomic E-state index is 14.5. The third-order valence-electron chi connectivity index (χ3n) is 12.3. The molecule has 13 nitrogen and oxygen atoms in total. The van der Waals surface area contributed by atoms with Crippen LogP contribution in [0.4, 0.5) is 4.79 Å². The number of hydrogen-bond donors (Lipinski definition) is 2. The van der Waals surface area contributed by atoms with Gasteiger partial charge in [0, 0.05) is 35.4 Å². The number of esters is 1. The number of carbonyl (C=O) groups is 4. The van der Waals surface area contributed by atoms with E-state index in [4.69, 9.17) is 23.7 Å². The number of benzene rings is 1. The molecule has 1 aromatic carbocycles. The first-order valence-corrected chi connectivity index (χ1v) is 20.1. The van der Waals surface area contributed by atoms with Crippen molar-refractivity contribution in [3.8, 4) is 0 Å². The Balaban J connectivity index is 1.56. The number of aromatic nitrogens is 1. The zero-order valence-corrected chi connectivity index (χ0v) is 34.5. The van der Waals surface area contributed by atoms with Gasteiger partial charge < -0.3 is 39.0 Å². The van der Waals surface area contributed by atoms with Crippen LogP contribution in [0.3, 0.4) is 0 Å². The molecule has 56 heavy (non-hydrogen) atoms. The minimum atomic E-state index is -1.38. The highest BCUT2D eigenvalue weighted by Crippen LogP contribution is 2.40. The number of ketones is 2. The molecule has 3 aliphatic rings. The molecule has 1 aromatic heterocycles. The summed E-state index contributed by atoms with van der Waals surface area (Å²) in [6.45, 7) is 16.6. The number of nitrogens with zero attached hydrogens (tertiary/aromatic N) is 2. The average molecular weight is 780 g/mol. The van der Waals surface area contributed by atoms with Crippen LogP contribution >= 0.6 is 0 Å². The molecule has 5 rings (SSSR count).